The van der Waals surface area contributed by atoms with Crippen LogP contribution < -0.4 is 5.32 Å². The molecule has 1 aromatic heterocycles. The monoisotopic (exact) mass is 338 g/mol. The number of carbonyl (C=O) groups excluding carboxylic acids is 1. The van der Waals surface area contributed by atoms with Crippen LogP contribution in [0.25, 0.3) is 0 Å². The highest BCUT2D eigenvalue weighted by Crippen LogP contribution is 2.39. The molecule has 1 aliphatic rings. The van der Waals surface area contributed by atoms with E-state index >= 15 is 0 Å². The van der Waals surface area contributed by atoms with Crippen molar-refractivity contribution >= 4 is 23.4 Å². The number of thioether (sulfide) groups is 1. The Morgan fingerprint density at radius 1 is 1.35 bits per heavy atom. The van der Waals surface area contributed by atoms with E-state index in [9.17, 15) is 13.6 Å². The Balaban J connectivity index is 1.64. The fourth-order valence-corrected chi connectivity index (χ4v) is 2.98. The highest BCUT2D eigenvalue weighted by atomic mass is 32.2. The van der Waals surface area contributed by atoms with Gasteiger partial charge in [0.25, 0.3) is 0 Å². The van der Waals surface area contributed by atoms with Crippen LogP contribution in [0.2, 0.25) is 0 Å². The highest BCUT2D eigenvalue weighted by Gasteiger charge is 2.30. The van der Waals surface area contributed by atoms with Crippen LogP contribution >= 0.6 is 11.8 Å². The Labute approximate surface area is 136 Å². The highest BCUT2D eigenvalue weighted by molar-refractivity contribution is 8.00. The normalized spacial score (nSPS) is 15.5. The van der Waals surface area contributed by atoms with Gasteiger partial charge < -0.3 is 9.88 Å². The molecule has 8 heteroatoms. The number of nitrogens with zero attached hydrogens (tertiary/aromatic N) is 3. The van der Waals surface area contributed by atoms with Crippen molar-refractivity contribution in [2.45, 2.75) is 36.1 Å². The molecule has 0 bridgehead atoms. The first-order chi connectivity index (χ1) is 11.0. The maximum atomic E-state index is 13.2. The summed E-state index contributed by atoms with van der Waals surface area (Å²) < 4.78 is 28.0. The summed E-state index contributed by atoms with van der Waals surface area (Å²) in [6.45, 7) is 1.73. The van der Waals surface area contributed by atoms with Gasteiger partial charge in [-0.1, -0.05) is 11.8 Å². The zero-order valence-corrected chi connectivity index (χ0v) is 13.5. The van der Waals surface area contributed by atoms with Crippen LogP contribution in [0.3, 0.4) is 0 Å². The first kappa shape index (κ1) is 15.9. The molecule has 1 amide bonds. The predicted octanol–water partition coefficient (Wildman–Crippen LogP) is 3.09. The van der Waals surface area contributed by atoms with Crippen molar-refractivity contribution in [1.29, 1.82) is 0 Å². The van der Waals surface area contributed by atoms with Gasteiger partial charge in [-0.25, -0.2) is 8.78 Å². The van der Waals surface area contributed by atoms with Crippen molar-refractivity contribution in [3.63, 3.8) is 0 Å². The third-order valence-corrected chi connectivity index (χ3v) is 4.78. The van der Waals surface area contributed by atoms with Gasteiger partial charge in [-0.05, 0) is 31.9 Å². The Morgan fingerprint density at radius 3 is 2.74 bits per heavy atom. The molecule has 122 valence electrons. The maximum absolute atomic E-state index is 13.2. The number of benzene rings is 1. The molecule has 5 nitrogen and oxygen atoms in total. The van der Waals surface area contributed by atoms with Gasteiger partial charge in [-0.3, -0.25) is 4.79 Å². The van der Waals surface area contributed by atoms with Crippen LogP contribution in [0, 0.1) is 11.6 Å². The number of hydrogen-bond acceptors (Lipinski definition) is 4. The zero-order chi connectivity index (χ0) is 16.6. The lowest BCUT2D eigenvalue weighted by Crippen LogP contribution is -2.23. The standard InChI is InChI=1S/C15H16F2N4OS/c1-8(14(22)18-10-5-6-11(16)12(17)7-10)23-15-20-19-13(21(15)2)9-3-4-9/h5-9H,3-4H2,1-2H3,(H,18,22)/t8-/m0/s1. The van der Waals surface area contributed by atoms with E-state index < -0.39 is 16.9 Å². The molecule has 0 radical (unpaired) electrons. The summed E-state index contributed by atoms with van der Waals surface area (Å²) in [5.41, 5.74) is 0.220. The Hall–Kier alpha value is -1.96. The first-order valence-corrected chi connectivity index (χ1v) is 8.15. The van der Waals surface area contributed by atoms with E-state index in [1.54, 1.807) is 6.92 Å². The van der Waals surface area contributed by atoms with Crippen molar-refractivity contribution in [2.24, 2.45) is 7.05 Å². The van der Waals surface area contributed by atoms with E-state index in [0.717, 1.165) is 30.8 Å². The van der Waals surface area contributed by atoms with Crippen LogP contribution in [-0.4, -0.2) is 25.9 Å². The van der Waals surface area contributed by atoms with E-state index in [0.29, 0.717) is 11.1 Å². The number of amides is 1. The summed E-state index contributed by atoms with van der Waals surface area (Å²) in [4.78, 5) is 12.2. The lowest BCUT2D eigenvalue weighted by molar-refractivity contribution is -0.115. The number of rotatable bonds is 5. The largest absolute Gasteiger partial charge is 0.325 e. The van der Waals surface area contributed by atoms with Gasteiger partial charge in [-0.15, -0.1) is 10.2 Å². The van der Waals surface area contributed by atoms with E-state index in [1.807, 2.05) is 11.6 Å². The molecule has 1 atom stereocenters. The third-order valence-electron chi connectivity index (χ3n) is 3.65. The summed E-state index contributed by atoms with van der Waals surface area (Å²) in [5, 5.41) is 11.1. The number of aromatic nitrogens is 3. The van der Waals surface area contributed by atoms with Crippen LogP contribution in [0.1, 0.15) is 31.5 Å². The fraction of sp³-hybridized carbons (Fsp3) is 0.400. The molecule has 0 saturated heterocycles. The quantitative estimate of drug-likeness (QED) is 0.851. The summed E-state index contributed by atoms with van der Waals surface area (Å²) in [5.74, 6) is -0.825. The molecule has 1 aromatic carbocycles. The van der Waals surface area contributed by atoms with Crippen molar-refractivity contribution in [1.82, 2.24) is 14.8 Å². The van der Waals surface area contributed by atoms with Crippen LogP contribution in [0.4, 0.5) is 14.5 Å². The smallest absolute Gasteiger partial charge is 0.237 e. The Bertz CT molecular complexity index is 745. The second-order valence-electron chi connectivity index (χ2n) is 5.55. The predicted molar refractivity (Wildman–Crippen MR) is 83.3 cm³/mol. The van der Waals surface area contributed by atoms with Gasteiger partial charge in [0.15, 0.2) is 16.8 Å². The number of halogens is 2. The van der Waals surface area contributed by atoms with Crippen molar-refractivity contribution in [2.75, 3.05) is 5.32 Å². The van der Waals surface area contributed by atoms with E-state index in [4.69, 9.17) is 0 Å². The number of hydrogen-bond donors (Lipinski definition) is 1. The molecule has 23 heavy (non-hydrogen) atoms. The minimum Gasteiger partial charge on any atom is -0.325 e. The van der Waals surface area contributed by atoms with Crippen LogP contribution in [0.15, 0.2) is 23.4 Å². The molecule has 0 aliphatic heterocycles. The Morgan fingerprint density at radius 2 is 2.09 bits per heavy atom. The molecule has 1 saturated carbocycles. The molecule has 1 aliphatic carbocycles. The summed E-state index contributed by atoms with van der Waals surface area (Å²) >= 11 is 1.28. The average molecular weight is 338 g/mol. The third kappa shape index (κ3) is 3.52. The van der Waals surface area contributed by atoms with Gasteiger partial charge in [0.05, 0.1) is 5.25 Å². The van der Waals surface area contributed by atoms with Crippen molar-refractivity contribution in [3.05, 3.63) is 35.7 Å². The van der Waals surface area contributed by atoms with Gasteiger partial charge in [-0.2, -0.15) is 0 Å². The molecule has 2 aromatic rings. The molecular weight excluding hydrogens is 322 g/mol. The number of anilines is 1. The maximum Gasteiger partial charge on any atom is 0.237 e. The summed E-state index contributed by atoms with van der Waals surface area (Å²) in [6, 6.07) is 3.26. The van der Waals surface area contributed by atoms with Crippen LogP contribution in [-0.2, 0) is 11.8 Å². The van der Waals surface area contributed by atoms with E-state index in [2.05, 4.69) is 15.5 Å². The molecule has 1 fully saturated rings. The Kier molecular flexibility index (Phi) is 4.34. The topological polar surface area (TPSA) is 59.8 Å². The zero-order valence-electron chi connectivity index (χ0n) is 12.7. The molecular formula is C15H16F2N4OS. The second-order valence-corrected chi connectivity index (χ2v) is 6.86. The lowest BCUT2D eigenvalue weighted by Gasteiger charge is -2.11. The van der Waals surface area contributed by atoms with E-state index in [1.165, 1.54) is 17.8 Å². The number of carbonyl (C=O) groups is 1. The summed E-state index contributed by atoms with van der Waals surface area (Å²) in [6.07, 6.45) is 2.26. The van der Waals surface area contributed by atoms with Crippen LogP contribution in [0.5, 0.6) is 0 Å². The number of nitrogens with one attached hydrogen (secondary N) is 1. The average Bonchev–Trinajstić information content (AvgIpc) is 3.29. The second kappa shape index (κ2) is 6.27. The molecule has 0 spiro atoms. The lowest BCUT2D eigenvalue weighted by atomic mass is 10.3. The fourth-order valence-electron chi connectivity index (χ4n) is 2.16. The van der Waals surface area contributed by atoms with Gasteiger partial charge in [0.2, 0.25) is 5.91 Å². The van der Waals surface area contributed by atoms with Gasteiger partial charge in [0.1, 0.15) is 5.82 Å². The van der Waals surface area contributed by atoms with Gasteiger partial charge >= 0.3 is 0 Å². The van der Waals surface area contributed by atoms with E-state index in [-0.39, 0.29) is 11.6 Å². The molecule has 3 rings (SSSR count). The van der Waals surface area contributed by atoms with Crippen molar-refractivity contribution in [3.8, 4) is 0 Å². The van der Waals surface area contributed by atoms with Crippen molar-refractivity contribution < 1.29 is 13.6 Å². The minimum atomic E-state index is -0.995. The summed E-state index contributed by atoms with van der Waals surface area (Å²) in [7, 11) is 1.88. The SMILES string of the molecule is C[C@H](Sc1nnc(C2CC2)n1C)C(=O)Nc1ccc(F)c(F)c1. The molecule has 0 unspecified atom stereocenters. The molecule has 1 N–H and O–H groups in total. The molecule has 1 heterocycles. The minimum absolute atomic E-state index is 0.220. The first-order valence-electron chi connectivity index (χ1n) is 7.27. The van der Waals surface area contributed by atoms with Gasteiger partial charge in [0, 0.05) is 24.7 Å².